The molecule has 0 saturated heterocycles. The minimum absolute atomic E-state index is 0.000878. The van der Waals surface area contributed by atoms with Crippen LogP contribution in [0.1, 0.15) is 60.4 Å². The number of thiazole rings is 1. The number of aromatic nitrogens is 3. The Balaban J connectivity index is 1.62. The summed E-state index contributed by atoms with van der Waals surface area (Å²) in [4.78, 5) is 29.4. The van der Waals surface area contributed by atoms with Gasteiger partial charge in [0.1, 0.15) is 4.88 Å². The van der Waals surface area contributed by atoms with E-state index in [1.165, 1.54) is 17.6 Å². The zero-order valence-corrected chi connectivity index (χ0v) is 24.0. The molecule has 0 bridgehead atoms. The Morgan fingerprint density at radius 3 is 2.74 bits per heavy atom. The van der Waals surface area contributed by atoms with Crippen molar-refractivity contribution in [2.45, 2.75) is 50.9 Å². The molecule has 200 valence electrons. The van der Waals surface area contributed by atoms with E-state index in [0.29, 0.717) is 16.5 Å². The Hall–Kier alpha value is -3.44. The van der Waals surface area contributed by atoms with E-state index >= 15 is 0 Å². The summed E-state index contributed by atoms with van der Waals surface area (Å²) in [7, 11) is 1.76. The van der Waals surface area contributed by atoms with Crippen molar-refractivity contribution in [1.82, 2.24) is 25.6 Å². The number of hydrogen-bond acceptors (Lipinski definition) is 10. The van der Waals surface area contributed by atoms with Gasteiger partial charge in [0.05, 0.1) is 34.0 Å². The van der Waals surface area contributed by atoms with Gasteiger partial charge >= 0.3 is 0 Å². The number of hydrogen-bond donors (Lipinski definition) is 5. The lowest BCUT2D eigenvalue weighted by atomic mass is 9.94. The number of anilines is 2. The number of amides is 1. The Labute approximate surface area is 233 Å². The fraction of sp³-hybridized carbons (Fsp3) is 0.370. The van der Waals surface area contributed by atoms with Gasteiger partial charge in [0, 0.05) is 48.9 Å². The highest BCUT2D eigenvalue weighted by atomic mass is 32.1. The lowest BCUT2D eigenvalue weighted by Gasteiger charge is -2.38. The summed E-state index contributed by atoms with van der Waals surface area (Å²) in [5.41, 5.74) is 4.18. The summed E-state index contributed by atoms with van der Waals surface area (Å²) in [6.45, 7) is 9.09. The molecule has 1 aromatic carbocycles. The van der Waals surface area contributed by atoms with E-state index in [1.807, 2.05) is 19.1 Å². The number of fused-ring (bicyclic) bond motifs is 1. The quantitative estimate of drug-likeness (QED) is 0.198. The highest BCUT2D eigenvalue weighted by Crippen LogP contribution is 2.38. The largest absolute Gasteiger partial charge is 0.392 e. The SMILES string of the molecule is CN/C=C(\C=N)Nc1nccc(-c2ccc3c(c2)N(C(C)S)CCC3NC(=O)c2cnc(C(C)(C)C)s2)n1. The van der Waals surface area contributed by atoms with Gasteiger partial charge < -0.3 is 26.3 Å². The molecule has 0 radical (unpaired) electrons. The minimum atomic E-state index is -0.125. The molecule has 4 N–H and O–H groups in total. The Kier molecular flexibility index (Phi) is 8.37. The molecule has 3 heterocycles. The second-order valence-corrected chi connectivity index (χ2v) is 11.9. The van der Waals surface area contributed by atoms with Crippen LogP contribution in [0.5, 0.6) is 0 Å². The molecule has 2 atom stereocenters. The lowest BCUT2D eigenvalue weighted by Crippen LogP contribution is -2.40. The highest BCUT2D eigenvalue weighted by molar-refractivity contribution is 7.81. The molecule has 1 aliphatic heterocycles. The van der Waals surface area contributed by atoms with Crippen molar-refractivity contribution in [1.29, 1.82) is 5.41 Å². The molecule has 0 fully saturated rings. The number of nitrogens with one attached hydrogen (secondary N) is 4. The van der Waals surface area contributed by atoms with Crippen LogP contribution in [-0.4, -0.2) is 46.0 Å². The van der Waals surface area contributed by atoms with Gasteiger partial charge in [0.25, 0.3) is 5.91 Å². The van der Waals surface area contributed by atoms with E-state index in [-0.39, 0.29) is 22.7 Å². The van der Waals surface area contributed by atoms with Gasteiger partial charge in [-0.3, -0.25) is 4.79 Å². The fourth-order valence-corrected chi connectivity index (χ4v) is 5.38. The van der Waals surface area contributed by atoms with Crippen molar-refractivity contribution in [2.75, 3.05) is 23.8 Å². The molecule has 0 saturated carbocycles. The third-order valence-corrected chi connectivity index (χ3v) is 7.86. The van der Waals surface area contributed by atoms with Gasteiger partial charge in [-0.05, 0) is 31.0 Å². The summed E-state index contributed by atoms with van der Waals surface area (Å²) in [6, 6.07) is 7.90. The molecule has 2 aromatic heterocycles. The van der Waals surface area contributed by atoms with Crippen LogP contribution in [0.15, 0.2) is 48.6 Å². The maximum Gasteiger partial charge on any atom is 0.263 e. The van der Waals surface area contributed by atoms with Crippen LogP contribution in [0.25, 0.3) is 11.3 Å². The van der Waals surface area contributed by atoms with E-state index in [0.717, 1.165) is 40.5 Å². The summed E-state index contributed by atoms with van der Waals surface area (Å²) in [5.74, 6) is 0.294. The van der Waals surface area contributed by atoms with Crippen LogP contribution in [0.4, 0.5) is 11.6 Å². The zero-order chi connectivity index (χ0) is 27.4. The van der Waals surface area contributed by atoms with Crippen molar-refractivity contribution in [3.63, 3.8) is 0 Å². The zero-order valence-electron chi connectivity index (χ0n) is 22.2. The van der Waals surface area contributed by atoms with Crippen LogP contribution in [0.3, 0.4) is 0 Å². The van der Waals surface area contributed by atoms with Gasteiger partial charge in [0.2, 0.25) is 5.95 Å². The summed E-state index contributed by atoms with van der Waals surface area (Å²) >= 11 is 6.17. The first kappa shape index (κ1) is 27.6. The van der Waals surface area contributed by atoms with Gasteiger partial charge in [-0.1, -0.05) is 32.9 Å². The molecule has 11 heteroatoms. The van der Waals surface area contributed by atoms with Crippen LogP contribution < -0.4 is 20.9 Å². The van der Waals surface area contributed by atoms with Crippen molar-refractivity contribution >= 4 is 47.7 Å². The molecule has 9 nitrogen and oxygen atoms in total. The van der Waals surface area contributed by atoms with E-state index < -0.39 is 0 Å². The van der Waals surface area contributed by atoms with E-state index in [2.05, 4.69) is 68.7 Å². The van der Waals surface area contributed by atoms with Crippen molar-refractivity contribution < 1.29 is 4.79 Å². The fourth-order valence-electron chi connectivity index (χ4n) is 4.26. The molecule has 38 heavy (non-hydrogen) atoms. The second kappa shape index (κ2) is 11.5. The first-order chi connectivity index (χ1) is 18.1. The van der Waals surface area contributed by atoms with Crippen molar-refractivity contribution in [3.05, 3.63) is 64.0 Å². The van der Waals surface area contributed by atoms with Crippen LogP contribution >= 0.6 is 24.0 Å². The topological polar surface area (TPSA) is 119 Å². The number of carbonyl (C=O) groups excluding carboxylic acids is 1. The predicted octanol–water partition coefficient (Wildman–Crippen LogP) is 4.98. The summed E-state index contributed by atoms with van der Waals surface area (Å²) < 4.78 is 0. The molecule has 0 aliphatic carbocycles. The smallest absolute Gasteiger partial charge is 0.263 e. The van der Waals surface area contributed by atoms with Gasteiger partial charge in [-0.25, -0.2) is 15.0 Å². The second-order valence-electron chi connectivity index (χ2n) is 10.1. The molecule has 3 aromatic rings. The molecule has 1 amide bonds. The van der Waals surface area contributed by atoms with Gasteiger partial charge in [0.15, 0.2) is 0 Å². The first-order valence-corrected chi connectivity index (χ1v) is 13.8. The number of rotatable bonds is 8. The maximum absolute atomic E-state index is 13.1. The summed E-state index contributed by atoms with van der Waals surface area (Å²) in [5, 5.41) is 17.7. The van der Waals surface area contributed by atoms with E-state index in [1.54, 1.807) is 25.6 Å². The third-order valence-electron chi connectivity index (χ3n) is 6.16. The Bertz CT molecular complexity index is 1340. The normalized spacial score (nSPS) is 16.4. The average Bonchev–Trinajstić information content (AvgIpc) is 3.40. The molecular weight excluding hydrogens is 516 g/mol. The van der Waals surface area contributed by atoms with E-state index in [9.17, 15) is 4.79 Å². The number of thiol groups is 1. The molecule has 2 unspecified atom stereocenters. The van der Waals surface area contributed by atoms with Crippen LogP contribution in [-0.2, 0) is 5.41 Å². The molecule has 0 spiro atoms. The number of carbonyl (C=O) groups is 1. The molecule has 4 rings (SSSR count). The molecule has 1 aliphatic rings. The lowest BCUT2D eigenvalue weighted by molar-refractivity contribution is 0.0938. The van der Waals surface area contributed by atoms with Crippen LogP contribution in [0.2, 0.25) is 0 Å². The Morgan fingerprint density at radius 2 is 2.08 bits per heavy atom. The standard InChI is InChI=1S/C27H34N8OS2/c1-16(37)35-11-9-21(33-24(36)23-15-31-25(38-23)27(2,3)4)19-7-6-17(12-22(19)35)20-8-10-30-26(34-20)32-18(13-28)14-29-5/h6-8,10,12-16,21,28-29,37H,9,11H2,1-5H3,(H,33,36)(H,30,32,34)/b18-14+,28-13?. The average molecular weight is 551 g/mol. The third kappa shape index (κ3) is 6.16. The van der Waals surface area contributed by atoms with Crippen molar-refractivity contribution in [2.24, 2.45) is 0 Å². The van der Waals surface area contributed by atoms with Crippen LogP contribution in [0, 0.1) is 5.41 Å². The monoisotopic (exact) mass is 550 g/mol. The first-order valence-electron chi connectivity index (χ1n) is 12.4. The predicted molar refractivity (Wildman–Crippen MR) is 158 cm³/mol. The van der Waals surface area contributed by atoms with Crippen molar-refractivity contribution in [3.8, 4) is 11.3 Å². The van der Waals surface area contributed by atoms with Gasteiger partial charge in [-0.15, -0.1) is 11.3 Å². The highest BCUT2D eigenvalue weighted by Gasteiger charge is 2.29. The maximum atomic E-state index is 13.1. The van der Waals surface area contributed by atoms with E-state index in [4.69, 9.17) is 18.0 Å². The minimum Gasteiger partial charge on any atom is -0.392 e. The molecular formula is C27H34N8OS2. The summed E-state index contributed by atoms with van der Waals surface area (Å²) in [6.07, 6.45) is 7.00. The number of nitrogens with zero attached hydrogens (tertiary/aromatic N) is 4. The number of allylic oxidation sites excluding steroid dienone is 1. The Morgan fingerprint density at radius 1 is 1.29 bits per heavy atom. The number of benzene rings is 1. The van der Waals surface area contributed by atoms with Gasteiger partial charge in [-0.2, -0.15) is 12.6 Å².